The van der Waals surface area contributed by atoms with Crippen LogP contribution in [0.25, 0.3) is 0 Å². The molecule has 0 aliphatic heterocycles. The molecule has 0 aromatic heterocycles. The predicted molar refractivity (Wildman–Crippen MR) is 86.8 cm³/mol. The standard InChI is InChI=1S/C16H24IN/c1-2-12-18-16(13-8-4-3-5-9-13)14-10-6-7-11-15(14)17/h6-7,10-11,13,16,18H,2-5,8-9,12H2,1H3. The van der Waals surface area contributed by atoms with Gasteiger partial charge in [-0.1, -0.05) is 44.4 Å². The third-order valence-corrected chi connectivity index (χ3v) is 4.96. The summed E-state index contributed by atoms with van der Waals surface area (Å²) in [5.74, 6) is 0.834. The largest absolute Gasteiger partial charge is 0.310 e. The number of hydrogen-bond donors (Lipinski definition) is 1. The van der Waals surface area contributed by atoms with E-state index >= 15 is 0 Å². The number of halogens is 1. The molecule has 1 aromatic rings. The summed E-state index contributed by atoms with van der Waals surface area (Å²) >= 11 is 2.48. The van der Waals surface area contributed by atoms with Crippen LogP contribution in [0.4, 0.5) is 0 Å². The predicted octanol–water partition coefficient (Wildman–Crippen LogP) is 4.91. The van der Waals surface area contributed by atoms with Gasteiger partial charge in [0.15, 0.2) is 0 Å². The van der Waals surface area contributed by atoms with Crippen LogP contribution in [0.2, 0.25) is 0 Å². The lowest BCUT2D eigenvalue weighted by atomic mass is 9.81. The minimum atomic E-state index is 0.568. The Morgan fingerprint density at radius 3 is 2.61 bits per heavy atom. The van der Waals surface area contributed by atoms with Crippen LogP contribution in [0.1, 0.15) is 57.1 Å². The zero-order valence-electron chi connectivity index (χ0n) is 11.3. The summed E-state index contributed by atoms with van der Waals surface area (Å²) in [4.78, 5) is 0. The number of nitrogens with one attached hydrogen (secondary N) is 1. The van der Waals surface area contributed by atoms with Gasteiger partial charge in [0.2, 0.25) is 0 Å². The lowest BCUT2D eigenvalue weighted by Crippen LogP contribution is -2.30. The van der Waals surface area contributed by atoms with Crippen molar-refractivity contribution in [2.45, 2.75) is 51.5 Å². The smallest absolute Gasteiger partial charge is 0.0359 e. The van der Waals surface area contributed by atoms with Gasteiger partial charge in [-0.3, -0.25) is 0 Å². The third-order valence-electron chi connectivity index (χ3n) is 3.98. The van der Waals surface area contributed by atoms with Crippen LogP contribution in [-0.4, -0.2) is 6.54 Å². The zero-order valence-corrected chi connectivity index (χ0v) is 13.4. The Hall–Kier alpha value is -0.0900. The van der Waals surface area contributed by atoms with Gasteiger partial charge in [0.05, 0.1) is 0 Å². The van der Waals surface area contributed by atoms with E-state index in [2.05, 4.69) is 59.1 Å². The van der Waals surface area contributed by atoms with Crippen molar-refractivity contribution in [1.29, 1.82) is 0 Å². The van der Waals surface area contributed by atoms with Crippen molar-refractivity contribution in [3.8, 4) is 0 Å². The summed E-state index contributed by atoms with van der Waals surface area (Å²) in [6.07, 6.45) is 8.27. The van der Waals surface area contributed by atoms with Gasteiger partial charge >= 0.3 is 0 Å². The highest BCUT2D eigenvalue weighted by Crippen LogP contribution is 2.35. The van der Waals surface area contributed by atoms with Crippen molar-refractivity contribution in [2.75, 3.05) is 6.54 Å². The Morgan fingerprint density at radius 1 is 1.22 bits per heavy atom. The normalized spacial score (nSPS) is 18.8. The molecule has 1 unspecified atom stereocenters. The van der Waals surface area contributed by atoms with Crippen molar-refractivity contribution < 1.29 is 0 Å². The first-order chi connectivity index (χ1) is 8.83. The second kappa shape index (κ2) is 7.49. The maximum absolute atomic E-state index is 3.79. The highest BCUT2D eigenvalue weighted by Gasteiger charge is 2.25. The molecule has 0 bridgehead atoms. The molecule has 2 heteroatoms. The molecular formula is C16H24IN. The van der Waals surface area contributed by atoms with Crippen molar-refractivity contribution >= 4 is 22.6 Å². The maximum atomic E-state index is 3.79. The van der Waals surface area contributed by atoms with Crippen LogP contribution in [-0.2, 0) is 0 Å². The zero-order chi connectivity index (χ0) is 12.8. The minimum absolute atomic E-state index is 0.568. The summed E-state index contributed by atoms with van der Waals surface area (Å²) < 4.78 is 1.41. The molecule has 0 amide bonds. The molecule has 1 atom stereocenters. The highest BCUT2D eigenvalue weighted by molar-refractivity contribution is 14.1. The molecule has 0 radical (unpaired) electrons. The molecule has 2 rings (SSSR count). The average Bonchev–Trinajstić information content (AvgIpc) is 2.42. The van der Waals surface area contributed by atoms with E-state index in [1.807, 2.05) is 0 Å². The minimum Gasteiger partial charge on any atom is -0.310 e. The Balaban J connectivity index is 2.15. The lowest BCUT2D eigenvalue weighted by molar-refractivity contribution is 0.271. The molecule has 0 spiro atoms. The summed E-state index contributed by atoms with van der Waals surface area (Å²) in [5, 5.41) is 3.79. The second-order valence-corrected chi connectivity index (χ2v) is 6.51. The van der Waals surface area contributed by atoms with Gasteiger partial charge in [-0.25, -0.2) is 0 Å². The molecule has 18 heavy (non-hydrogen) atoms. The second-order valence-electron chi connectivity index (χ2n) is 5.35. The van der Waals surface area contributed by atoms with E-state index in [0.29, 0.717) is 6.04 Å². The Kier molecular flexibility index (Phi) is 5.96. The van der Waals surface area contributed by atoms with Gasteiger partial charge in [0.25, 0.3) is 0 Å². The van der Waals surface area contributed by atoms with Gasteiger partial charge in [0.1, 0.15) is 0 Å². The van der Waals surface area contributed by atoms with Crippen LogP contribution in [0, 0.1) is 9.49 Å². The molecule has 1 saturated carbocycles. The molecule has 1 aromatic carbocycles. The summed E-state index contributed by atoms with van der Waals surface area (Å²) in [6, 6.07) is 9.44. The molecule has 1 fully saturated rings. The quantitative estimate of drug-likeness (QED) is 0.738. The van der Waals surface area contributed by atoms with E-state index in [9.17, 15) is 0 Å². The molecule has 1 N–H and O–H groups in total. The fourth-order valence-electron chi connectivity index (χ4n) is 3.03. The van der Waals surface area contributed by atoms with Crippen LogP contribution in [0.3, 0.4) is 0 Å². The van der Waals surface area contributed by atoms with Crippen molar-refractivity contribution in [2.24, 2.45) is 5.92 Å². The average molecular weight is 357 g/mol. The van der Waals surface area contributed by atoms with E-state index in [1.165, 1.54) is 47.7 Å². The van der Waals surface area contributed by atoms with Crippen molar-refractivity contribution in [3.05, 3.63) is 33.4 Å². The summed E-state index contributed by atoms with van der Waals surface area (Å²) in [7, 11) is 0. The lowest BCUT2D eigenvalue weighted by Gasteiger charge is -2.32. The SMILES string of the molecule is CCCNC(c1ccccc1I)C1CCCCC1. The summed E-state index contributed by atoms with van der Waals surface area (Å²) in [6.45, 7) is 3.38. The molecule has 100 valence electrons. The Bertz CT molecular complexity index is 358. The molecular weight excluding hydrogens is 333 g/mol. The first kappa shape index (κ1) is 14.3. The van der Waals surface area contributed by atoms with Crippen molar-refractivity contribution in [1.82, 2.24) is 5.32 Å². The van der Waals surface area contributed by atoms with Gasteiger partial charge in [-0.2, -0.15) is 0 Å². The van der Waals surface area contributed by atoms with Crippen molar-refractivity contribution in [3.63, 3.8) is 0 Å². The Labute approximate surface area is 125 Å². The molecule has 1 aliphatic carbocycles. The molecule has 0 saturated heterocycles. The topological polar surface area (TPSA) is 12.0 Å². The van der Waals surface area contributed by atoms with E-state index in [1.54, 1.807) is 0 Å². The van der Waals surface area contributed by atoms with Gasteiger partial charge in [0, 0.05) is 9.61 Å². The number of rotatable bonds is 5. The van der Waals surface area contributed by atoms with Crippen LogP contribution < -0.4 is 5.32 Å². The van der Waals surface area contributed by atoms with Crippen LogP contribution in [0.15, 0.2) is 24.3 Å². The summed E-state index contributed by atoms with van der Waals surface area (Å²) in [5.41, 5.74) is 1.51. The van der Waals surface area contributed by atoms with E-state index in [-0.39, 0.29) is 0 Å². The van der Waals surface area contributed by atoms with Gasteiger partial charge in [-0.05, 0) is 65.9 Å². The van der Waals surface area contributed by atoms with Crippen LogP contribution in [0.5, 0.6) is 0 Å². The first-order valence-electron chi connectivity index (χ1n) is 7.30. The monoisotopic (exact) mass is 357 g/mol. The molecule has 1 aliphatic rings. The van der Waals surface area contributed by atoms with E-state index < -0.39 is 0 Å². The molecule has 1 nitrogen and oxygen atoms in total. The number of benzene rings is 1. The van der Waals surface area contributed by atoms with Crippen LogP contribution >= 0.6 is 22.6 Å². The van der Waals surface area contributed by atoms with E-state index in [0.717, 1.165) is 12.5 Å². The van der Waals surface area contributed by atoms with Gasteiger partial charge < -0.3 is 5.32 Å². The number of hydrogen-bond acceptors (Lipinski definition) is 1. The fourth-order valence-corrected chi connectivity index (χ4v) is 3.75. The first-order valence-corrected chi connectivity index (χ1v) is 8.38. The van der Waals surface area contributed by atoms with E-state index in [4.69, 9.17) is 0 Å². The molecule has 0 heterocycles. The fraction of sp³-hybridized carbons (Fsp3) is 0.625. The highest BCUT2D eigenvalue weighted by atomic mass is 127. The maximum Gasteiger partial charge on any atom is 0.0359 e. The Morgan fingerprint density at radius 2 is 1.94 bits per heavy atom. The van der Waals surface area contributed by atoms with Gasteiger partial charge in [-0.15, -0.1) is 0 Å². The third kappa shape index (κ3) is 3.70.